The van der Waals surface area contributed by atoms with Crippen LogP contribution in [0.2, 0.25) is 0 Å². The topological polar surface area (TPSA) is 44.1 Å². The highest BCUT2D eigenvalue weighted by Gasteiger charge is 2.22. The second-order valence-electron chi connectivity index (χ2n) is 6.29. The van der Waals surface area contributed by atoms with Crippen molar-refractivity contribution < 1.29 is 4.74 Å². The molecule has 0 N–H and O–H groups in total. The van der Waals surface area contributed by atoms with Crippen LogP contribution in [0.3, 0.4) is 0 Å². The van der Waals surface area contributed by atoms with Gasteiger partial charge in [0.15, 0.2) is 10.4 Å². The van der Waals surface area contributed by atoms with E-state index in [1.807, 2.05) is 0 Å². The molecule has 2 rings (SSSR count). The minimum atomic E-state index is -0.122. The van der Waals surface area contributed by atoms with Gasteiger partial charge in [-0.3, -0.25) is 4.79 Å². The zero-order valence-electron chi connectivity index (χ0n) is 15.8. The molecule has 0 atom stereocenters. The Bertz CT molecular complexity index is 787. The lowest BCUT2D eigenvalue weighted by Crippen LogP contribution is -2.24. The fourth-order valence-electron chi connectivity index (χ4n) is 3.08. The van der Waals surface area contributed by atoms with Crippen molar-refractivity contribution in [2.45, 2.75) is 53.4 Å². The van der Waals surface area contributed by atoms with Crippen molar-refractivity contribution in [1.82, 2.24) is 9.78 Å². The minimum absolute atomic E-state index is 0.122. The standard InChI is InChI=1S/C20H27BrN2O2/c1-6-9-10-25-18-17(20(24)23(5)22-19(18)21)16-14(7-2)11-13(4)12-15(16)8-3/h11-12H,6-10H2,1-5H3. The number of halogens is 1. The average Bonchev–Trinajstić information content (AvgIpc) is 2.59. The summed E-state index contributed by atoms with van der Waals surface area (Å²) < 4.78 is 7.96. The molecule has 0 amide bonds. The molecule has 1 aromatic heterocycles. The first-order valence-electron chi connectivity index (χ1n) is 8.96. The van der Waals surface area contributed by atoms with E-state index in [1.54, 1.807) is 7.05 Å². The van der Waals surface area contributed by atoms with Crippen molar-refractivity contribution in [1.29, 1.82) is 0 Å². The van der Waals surface area contributed by atoms with Crippen LogP contribution in [0.5, 0.6) is 5.75 Å². The van der Waals surface area contributed by atoms with Gasteiger partial charge in [-0.2, -0.15) is 5.10 Å². The Balaban J connectivity index is 2.80. The zero-order chi connectivity index (χ0) is 18.6. The van der Waals surface area contributed by atoms with Gasteiger partial charge in [-0.15, -0.1) is 0 Å². The van der Waals surface area contributed by atoms with Crippen LogP contribution in [-0.2, 0) is 19.9 Å². The Labute approximate surface area is 158 Å². The van der Waals surface area contributed by atoms with Crippen LogP contribution >= 0.6 is 15.9 Å². The maximum atomic E-state index is 13.0. The molecule has 0 bridgehead atoms. The summed E-state index contributed by atoms with van der Waals surface area (Å²) in [6.45, 7) is 9.03. The second kappa shape index (κ2) is 8.65. The normalized spacial score (nSPS) is 11.0. The van der Waals surface area contributed by atoms with Gasteiger partial charge in [0, 0.05) is 7.05 Å². The molecule has 4 nitrogen and oxygen atoms in total. The van der Waals surface area contributed by atoms with E-state index in [4.69, 9.17) is 4.74 Å². The first-order valence-corrected chi connectivity index (χ1v) is 9.76. The second-order valence-corrected chi connectivity index (χ2v) is 7.04. The van der Waals surface area contributed by atoms with Gasteiger partial charge >= 0.3 is 0 Å². The number of hydrogen-bond acceptors (Lipinski definition) is 3. The molecule has 0 radical (unpaired) electrons. The maximum absolute atomic E-state index is 13.0. The minimum Gasteiger partial charge on any atom is -0.490 e. The molecule has 25 heavy (non-hydrogen) atoms. The van der Waals surface area contributed by atoms with Gasteiger partial charge in [-0.25, -0.2) is 4.68 Å². The van der Waals surface area contributed by atoms with Gasteiger partial charge in [0.2, 0.25) is 0 Å². The number of nitrogens with zero attached hydrogens (tertiary/aromatic N) is 2. The van der Waals surface area contributed by atoms with Crippen molar-refractivity contribution in [2.75, 3.05) is 6.61 Å². The number of hydrogen-bond donors (Lipinski definition) is 0. The molecule has 0 aliphatic carbocycles. The summed E-state index contributed by atoms with van der Waals surface area (Å²) in [5, 5.41) is 4.26. The van der Waals surface area contributed by atoms with Gasteiger partial charge in [0.1, 0.15) is 0 Å². The van der Waals surface area contributed by atoms with E-state index in [0.29, 0.717) is 22.5 Å². The Morgan fingerprint density at radius 1 is 1.12 bits per heavy atom. The fourth-order valence-corrected chi connectivity index (χ4v) is 3.63. The summed E-state index contributed by atoms with van der Waals surface area (Å²) in [5.41, 5.74) is 5.07. The van der Waals surface area contributed by atoms with E-state index in [2.05, 4.69) is 60.9 Å². The Kier molecular flexibility index (Phi) is 6.82. The third-order valence-electron chi connectivity index (χ3n) is 4.36. The summed E-state index contributed by atoms with van der Waals surface area (Å²) in [6.07, 6.45) is 3.70. The Morgan fingerprint density at radius 2 is 1.72 bits per heavy atom. The van der Waals surface area contributed by atoms with Crippen molar-refractivity contribution in [3.05, 3.63) is 43.8 Å². The summed E-state index contributed by atoms with van der Waals surface area (Å²) in [6, 6.07) is 4.33. The van der Waals surface area contributed by atoms with Crippen LogP contribution in [0.1, 0.15) is 50.3 Å². The predicted octanol–water partition coefficient (Wildman–Crippen LogP) is 4.82. The first-order chi connectivity index (χ1) is 11.9. The van der Waals surface area contributed by atoms with Crippen molar-refractivity contribution in [2.24, 2.45) is 7.05 Å². The van der Waals surface area contributed by atoms with Gasteiger partial charge in [0.05, 0.1) is 12.2 Å². The Morgan fingerprint density at radius 3 is 2.24 bits per heavy atom. The lowest BCUT2D eigenvalue weighted by atomic mass is 9.90. The molecule has 1 heterocycles. The number of aryl methyl sites for hydroxylation is 4. The molecule has 2 aromatic rings. The highest BCUT2D eigenvalue weighted by atomic mass is 79.9. The molecule has 0 fully saturated rings. The zero-order valence-corrected chi connectivity index (χ0v) is 17.4. The third kappa shape index (κ3) is 4.14. The van der Waals surface area contributed by atoms with Gasteiger partial charge < -0.3 is 4.74 Å². The van der Waals surface area contributed by atoms with Crippen LogP contribution in [0.15, 0.2) is 21.5 Å². The molecule has 1 aromatic carbocycles. The summed E-state index contributed by atoms with van der Waals surface area (Å²) in [5.74, 6) is 0.560. The van der Waals surface area contributed by atoms with E-state index in [1.165, 1.54) is 21.4 Å². The number of benzene rings is 1. The molecule has 0 aliphatic heterocycles. The summed E-state index contributed by atoms with van der Waals surface area (Å²) in [4.78, 5) is 13.0. The van der Waals surface area contributed by atoms with Gasteiger partial charge in [-0.1, -0.05) is 44.9 Å². The van der Waals surface area contributed by atoms with Gasteiger partial charge in [0.25, 0.3) is 5.56 Å². The number of aromatic nitrogens is 2. The summed E-state index contributed by atoms with van der Waals surface area (Å²) >= 11 is 3.49. The number of ether oxygens (including phenoxy) is 1. The van der Waals surface area contributed by atoms with E-state index < -0.39 is 0 Å². The van der Waals surface area contributed by atoms with Crippen molar-refractivity contribution in [3.8, 4) is 16.9 Å². The first kappa shape index (κ1) is 19.7. The van der Waals surface area contributed by atoms with E-state index in [9.17, 15) is 4.79 Å². The van der Waals surface area contributed by atoms with Crippen molar-refractivity contribution in [3.63, 3.8) is 0 Å². The third-order valence-corrected chi connectivity index (χ3v) is 4.88. The molecule has 5 heteroatoms. The van der Waals surface area contributed by atoms with Crippen LogP contribution < -0.4 is 10.3 Å². The highest BCUT2D eigenvalue weighted by Crippen LogP contribution is 2.37. The smallest absolute Gasteiger partial charge is 0.278 e. The molecule has 0 spiro atoms. The maximum Gasteiger partial charge on any atom is 0.278 e. The van der Waals surface area contributed by atoms with E-state index >= 15 is 0 Å². The van der Waals surface area contributed by atoms with Crippen LogP contribution in [-0.4, -0.2) is 16.4 Å². The molecule has 136 valence electrons. The summed E-state index contributed by atoms with van der Waals surface area (Å²) in [7, 11) is 1.68. The molecular formula is C20H27BrN2O2. The lowest BCUT2D eigenvalue weighted by molar-refractivity contribution is 0.305. The average molecular weight is 407 g/mol. The number of unbranched alkanes of at least 4 members (excludes halogenated alkanes) is 1. The van der Waals surface area contributed by atoms with E-state index in [0.717, 1.165) is 31.2 Å². The molecule has 0 aliphatic rings. The quantitative estimate of drug-likeness (QED) is 0.618. The fraction of sp³-hybridized carbons (Fsp3) is 0.500. The van der Waals surface area contributed by atoms with Gasteiger partial charge in [-0.05, 0) is 58.8 Å². The molecule has 0 unspecified atom stereocenters. The lowest BCUT2D eigenvalue weighted by Gasteiger charge is -2.19. The SMILES string of the molecule is CCCCOc1c(Br)nn(C)c(=O)c1-c1c(CC)cc(C)cc1CC. The molecular weight excluding hydrogens is 380 g/mol. The largest absolute Gasteiger partial charge is 0.490 e. The Hall–Kier alpha value is -1.62. The van der Waals surface area contributed by atoms with Crippen LogP contribution in [0, 0.1) is 6.92 Å². The monoisotopic (exact) mass is 406 g/mol. The van der Waals surface area contributed by atoms with Crippen LogP contribution in [0.4, 0.5) is 0 Å². The van der Waals surface area contributed by atoms with Crippen LogP contribution in [0.25, 0.3) is 11.1 Å². The molecule has 0 saturated heterocycles. The number of rotatable bonds is 7. The highest BCUT2D eigenvalue weighted by molar-refractivity contribution is 9.10. The van der Waals surface area contributed by atoms with E-state index in [-0.39, 0.29) is 5.56 Å². The molecule has 0 saturated carbocycles. The van der Waals surface area contributed by atoms with Crippen molar-refractivity contribution >= 4 is 15.9 Å². The predicted molar refractivity (Wildman–Crippen MR) is 107 cm³/mol.